The fourth-order valence-electron chi connectivity index (χ4n) is 2.10. The summed E-state index contributed by atoms with van der Waals surface area (Å²) in [5, 5.41) is 0. The van der Waals surface area contributed by atoms with E-state index in [2.05, 4.69) is 26.0 Å². The monoisotopic (exact) mass is 274 g/mol. The van der Waals surface area contributed by atoms with Gasteiger partial charge in [0.2, 0.25) is 5.78 Å². The molecule has 0 aliphatic carbocycles. The summed E-state index contributed by atoms with van der Waals surface area (Å²) in [6.45, 7) is 7.99. The molecule has 0 aliphatic heterocycles. The van der Waals surface area contributed by atoms with Crippen LogP contribution < -0.4 is 0 Å². The van der Waals surface area contributed by atoms with E-state index in [-0.39, 0.29) is 17.5 Å². The molecule has 20 heavy (non-hydrogen) atoms. The number of rotatable bonds is 8. The normalized spacial score (nSPS) is 11.1. The number of hydrogen-bond acceptors (Lipinski definition) is 2. The first-order valence-electron chi connectivity index (χ1n) is 7.55. The first-order chi connectivity index (χ1) is 9.40. The van der Waals surface area contributed by atoms with Gasteiger partial charge in [-0.25, -0.2) is 0 Å². The highest BCUT2D eigenvalue weighted by Gasteiger charge is 2.16. The predicted octanol–water partition coefficient (Wildman–Crippen LogP) is 4.00. The van der Waals surface area contributed by atoms with E-state index in [1.807, 2.05) is 12.1 Å². The van der Waals surface area contributed by atoms with Gasteiger partial charge in [-0.3, -0.25) is 9.59 Å². The van der Waals surface area contributed by atoms with Crippen molar-refractivity contribution in [2.45, 2.75) is 53.4 Å². The minimum Gasteiger partial charge on any atom is -0.291 e. The van der Waals surface area contributed by atoms with E-state index in [0.717, 1.165) is 12.0 Å². The lowest BCUT2D eigenvalue weighted by Crippen LogP contribution is -2.19. The molecule has 0 N–H and O–H groups in total. The maximum absolute atomic E-state index is 11.7. The Kier molecular flexibility index (Phi) is 6.63. The average molecular weight is 274 g/mol. The van der Waals surface area contributed by atoms with Crippen molar-refractivity contribution in [3.05, 3.63) is 35.4 Å². The fourth-order valence-corrected chi connectivity index (χ4v) is 2.10. The number of carbonyl (C=O) groups is 2. The van der Waals surface area contributed by atoms with Crippen LogP contribution in [0.25, 0.3) is 0 Å². The van der Waals surface area contributed by atoms with Crippen LogP contribution in [0.5, 0.6) is 0 Å². The fraction of sp³-hybridized carbons (Fsp3) is 0.556. The summed E-state index contributed by atoms with van der Waals surface area (Å²) in [5.74, 6) is 0.0114. The van der Waals surface area contributed by atoms with Crippen LogP contribution in [0.3, 0.4) is 0 Å². The second-order valence-corrected chi connectivity index (χ2v) is 6.19. The third-order valence-electron chi connectivity index (χ3n) is 3.44. The van der Waals surface area contributed by atoms with Crippen molar-refractivity contribution in [2.24, 2.45) is 11.8 Å². The number of Topliss-reactive ketones (excluding diaryl/α,β-unsaturated/α-hetero) is 2. The molecule has 0 saturated carbocycles. The van der Waals surface area contributed by atoms with Gasteiger partial charge in [0.25, 0.3) is 0 Å². The largest absolute Gasteiger partial charge is 0.291 e. The maximum Gasteiger partial charge on any atom is 0.200 e. The van der Waals surface area contributed by atoms with Gasteiger partial charge >= 0.3 is 0 Å². The molecule has 2 heteroatoms. The van der Waals surface area contributed by atoms with E-state index in [1.54, 1.807) is 13.8 Å². The van der Waals surface area contributed by atoms with Crippen LogP contribution in [0.15, 0.2) is 24.3 Å². The molecule has 1 rings (SSSR count). The second-order valence-electron chi connectivity index (χ2n) is 6.19. The van der Waals surface area contributed by atoms with Crippen LogP contribution in [-0.4, -0.2) is 11.6 Å². The number of carbonyl (C=O) groups excluding carboxylic acids is 2. The summed E-state index contributed by atoms with van der Waals surface area (Å²) in [7, 11) is 0. The van der Waals surface area contributed by atoms with Crippen molar-refractivity contribution in [1.29, 1.82) is 0 Å². The quantitative estimate of drug-likeness (QED) is 0.671. The lowest BCUT2D eigenvalue weighted by atomic mass is 9.97. The molecular weight excluding hydrogens is 248 g/mol. The molecule has 0 aliphatic rings. The van der Waals surface area contributed by atoms with E-state index in [9.17, 15) is 9.59 Å². The Labute approximate surface area is 122 Å². The first-order valence-corrected chi connectivity index (χ1v) is 7.55. The van der Waals surface area contributed by atoms with Crippen molar-refractivity contribution in [3.63, 3.8) is 0 Å². The standard InChI is InChI=1S/C18H26O2/c1-13(2)8-9-15-6-5-7-16(12-15)10-11-17(19)18(20)14(3)4/h5-7,12-14H,8-11H2,1-4H3. The van der Waals surface area contributed by atoms with E-state index in [4.69, 9.17) is 0 Å². The highest BCUT2D eigenvalue weighted by Crippen LogP contribution is 2.13. The molecular formula is C18H26O2. The minimum absolute atomic E-state index is 0.195. The van der Waals surface area contributed by atoms with Crippen molar-refractivity contribution in [1.82, 2.24) is 0 Å². The first kappa shape index (κ1) is 16.6. The summed E-state index contributed by atoms with van der Waals surface area (Å²) in [6.07, 6.45) is 3.23. The molecule has 0 heterocycles. The topological polar surface area (TPSA) is 34.1 Å². The lowest BCUT2D eigenvalue weighted by molar-refractivity contribution is -0.138. The number of hydrogen-bond donors (Lipinski definition) is 0. The van der Waals surface area contributed by atoms with Gasteiger partial charge in [-0.2, -0.15) is 0 Å². The molecule has 0 aromatic heterocycles. The Morgan fingerprint density at radius 3 is 2.15 bits per heavy atom. The average Bonchev–Trinajstić information content (AvgIpc) is 2.42. The second kappa shape index (κ2) is 7.98. The van der Waals surface area contributed by atoms with Crippen LogP contribution in [0.4, 0.5) is 0 Å². The van der Waals surface area contributed by atoms with Crippen LogP contribution >= 0.6 is 0 Å². The Balaban J connectivity index is 2.54. The zero-order chi connectivity index (χ0) is 15.1. The van der Waals surface area contributed by atoms with Crippen molar-refractivity contribution in [3.8, 4) is 0 Å². The van der Waals surface area contributed by atoms with Crippen LogP contribution in [0.2, 0.25) is 0 Å². The molecule has 0 radical (unpaired) electrons. The molecule has 110 valence electrons. The van der Waals surface area contributed by atoms with Crippen molar-refractivity contribution < 1.29 is 9.59 Å². The Morgan fingerprint density at radius 1 is 1.00 bits per heavy atom. The van der Waals surface area contributed by atoms with E-state index in [0.29, 0.717) is 18.8 Å². The molecule has 1 aromatic carbocycles. The highest BCUT2D eigenvalue weighted by molar-refractivity contribution is 6.37. The zero-order valence-electron chi connectivity index (χ0n) is 13.1. The number of benzene rings is 1. The smallest absolute Gasteiger partial charge is 0.200 e. The summed E-state index contributed by atoms with van der Waals surface area (Å²) in [6, 6.07) is 8.37. The third-order valence-corrected chi connectivity index (χ3v) is 3.44. The predicted molar refractivity (Wildman–Crippen MR) is 82.8 cm³/mol. The lowest BCUT2D eigenvalue weighted by Gasteiger charge is -2.07. The van der Waals surface area contributed by atoms with Crippen molar-refractivity contribution in [2.75, 3.05) is 0 Å². The molecule has 0 fully saturated rings. The van der Waals surface area contributed by atoms with Gasteiger partial charge in [-0.05, 0) is 36.3 Å². The SMILES string of the molecule is CC(C)CCc1cccc(CCC(=O)C(=O)C(C)C)c1. The molecule has 1 aromatic rings. The summed E-state index contributed by atoms with van der Waals surface area (Å²) in [5.41, 5.74) is 2.47. The third kappa shape index (κ3) is 5.68. The Hall–Kier alpha value is -1.44. The molecule has 0 saturated heterocycles. The van der Waals surface area contributed by atoms with Gasteiger partial charge in [0, 0.05) is 12.3 Å². The van der Waals surface area contributed by atoms with Gasteiger partial charge in [-0.15, -0.1) is 0 Å². The molecule has 0 amide bonds. The van der Waals surface area contributed by atoms with Crippen molar-refractivity contribution >= 4 is 11.6 Å². The zero-order valence-corrected chi connectivity index (χ0v) is 13.1. The van der Waals surface area contributed by atoms with Crippen LogP contribution in [0, 0.1) is 11.8 Å². The number of aryl methyl sites for hydroxylation is 2. The van der Waals surface area contributed by atoms with E-state index < -0.39 is 0 Å². The van der Waals surface area contributed by atoms with Gasteiger partial charge in [0.05, 0.1) is 0 Å². The van der Waals surface area contributed by atoms with Gasteiger partial charge < -0.3 is 0 Å². The van der Waals surface area contributed by atoms with Gasteiger partial charge in [0.1, 0.15) is 0 Å². The molecule has 0 atom stereocenters. The van der Waals surface area contributed by atoms with Gasteiger partial charge in [0.15, 0.2) is 5.78 Å². The summed E-state index contributed by atoms with van der Waals surface area (Å²) >= 11 is 0. The minimum atomic E-state index is -0.249. The number of ketones is 2. The van der Waals surface area contributed by atoms with E-state index >= 15 is 0 Å². The maximum atomic E-state index is 11.7. The van der Waals surface area contributed by atoms with Crippen LogP contribution in [-0.2, 0) is 22.4 Å². The molecule has 0 bridgehead atoms. The molecule has 0 spiro atoms. The molecule has 2 nitrogen and oxygen atoms in total. The van der Waals surface area contributed by atoms with E-state index in [1.165, 1.54) is 12.0 Å². The highest BCUT2D eigenvalue weighted by atomic mass is 16.2. The van der Waals surface area contributed by atoms with Gasteiger partial charge in [-0.1, -0.05) is 52.0 Å². The molecule has 0 unspecified atom stereocenters. The Bertz CT molecular complexity index is 458. The Morgan fingerprint density at radius 2 is 1.60 bits per heavy atom. The van der Waals surface area contributed by atoms with Crippen LogP contribution in [0.1, 0.15) is 51.7 Å². The summed E-state index contributed by atoms with van der Waals surface area (Å²) < 4.78 is 0. The summed E-state index contributed by atoms with van der Waals surface area (Å²) in [4.78, 5) is 23.3.